The molecule has 0 aliphatic carbocycles. The van der Waals surface area contributed by atoms with E-state index < -0.39 is 90.9 Å². The fourth-order valence-corrected chi connectivity index (χ4v) is 4.33. The van der Waals surface area contributed by atoms with Crippen molar-refractivity contribution >= 4 is 11.9 Å². The molecule has 7 N–H and O–H groups in total. The van der Waals surface area contributed by atoms with Crippen molar-refractivity contribution in [2.24, 2.45) is 11.8 Å². The van der Waals surface area contributed by atoms with E-state index in [2.05, 4.69) is 6.58 Å². The molecule has 0 bridgehead atoms. The van der Waals surface area contributed by atoms with Crippen LogP contribution in [-0.4, -0.2) is 97.6 Å². The highest BCUT2D eigenvalue weighted by Gasteiger charge is 2.49. The van der Waals surface area contributed by atoms with E-state index in [1.54, 1.807) is 0 Å². The van der Waals surface area contributed by atoms with Crippen LogP contribution in [0.5, 0.6) is 17.2 Å². The summed E-state index contributed by atoms with van der Waals surface area (Å²) in [6.45, 7) is 3.06. The molecule has 0 unspecified atom stereocenters. The summed E-state index contributed by atoms with van der Waals surface area (Å²) >= 11 is 0. The lowest BCUT2D eigenvalue weighted by Crippen LogP contribution is -2.60. The fourth-order valence-electron chi connectivity index (χ4n) is 4.33. The summed E-state index contributed by atoms with van der Waals surface area (Å²) < 4.78 is 26.9. The van der Waals surface area contributed by atoms with E-state index in [4.69, 9.17) is 23.7 Å². The van der Waals surface area contributed by atoms with Crippen LogP contribution in [0.3, 0.4) is 0 Å². The number of benzene rings is 1. The van der Waals surface area contributed by atoms with Crippen molar-refractivity contribution in [3.05, 3.63) is 42.2 Å². The normalized spacial score (nSPS) is 35.4. The van der Waals surface area contributed by atoms with Crippen molar-refractivity contribution in [1.29, 1.82) is 0 Å². The number of hydrogen-bond donors (Lipinski definition) is 7. The van der Waals surface area contributed by atoms with Crippen LogP contribution in [0, 0.1) is 11.8 Å². The summed E-state index contributed by atoms with van der Waals surface area (Å²) in [6.07, 6.45) is -7.89. The number of aromatic hydroxyl groups is 3. The van der Waals surface area contributed by atoms with Crippen LogP contribution in [0.2, 0.25) is 0 Å². The monoisotopic (exact) mass is 526 g/mol. The largest absolute Gasteiger partial charge is 0.504 e. The summed E-state index contributed by atoms with van der Waals surface area (Å²) in [5.41, 5.74) is -0.230. The number of carbonyl (C=O) groups excluding carboxylic acids is 2. The van der Waals surface area contributed by atoms with Crippen molar-refractivity contribution < 1.29 is 69.0 Å². The zero-order valence-corrected chi connectivity index (χ0v) is 19.1. The van der Waals surface area contributed by atoms with Gasteiger partial charge in [-0.15, -0.1) is 6.58 Å². The van der Waals surface area contributed by atoms with Gasteiger partial charge in [0.1, 0.15) is 24.4 Å². The van der Waals surface area contributed by atoms with Gasteiger partial charge in [0.25, 0.3) is 0 Å². The summed E-state index contributed by atoms with van der Waals surface area (Å²) in [6, 6.07) is 1.72. The molecule has 202 valence electrons. The van der Waals surface area contributed by atoms with Crippen LogP contribution in [-0.2, 0) is 28.5 Å². The highest BCUT2D eigenvalue weighted by molar-refractivity contribution is 5.92. The maximum Gasteiger partial charge on any atom is 0.341 e. The first kappa shape index (κ1) is 26.7. The Balaban J connectivity index is 1.48. The van der Waals surface area contributed by atoms with E-state index in [1.165, 1.54) is 6.08 Å². The van der Waals surface area contributed by atoms with Crippen LogP contribution in [0.15, 0.2) is 36.6 Å². The van der Waals surface area contributed by atoms with Gasteiger partial charge >= 0.3 is 11.9 Å². The van der Waals surface area contributed by atoms with Crippen molar-refractivity contribution in [2.45, 2.75) is 49.7 Å². The number of hydrogen-bond acceptors (Lipinski definition) is 14. The number of carbonyl (C=O) groups is 2. The minimum atomic E-state index is -1.69. The van der Waals surface area contributed by atoms with Crippen LogP contribution in [0.1, 0.15) is 16.8 Å². The maximum atomic E-state index is 12.6. The smallest absolute Gasteiger partial charge is 0.341 e. The highest BCUT2D eigenvalue weighted by atomic mass is 16.8. The average molecular weight is 526 g/mol. The van der Waals surface area contributed by atoms with Gasteiger partial charge in [-0.05, 0) is 12.1 Å². The first-order chi connectivity index (χ1) is 17.5. The average Bonchev–Trinajstić information content (AvgIpc) is 2.87. The Morgan fingerprint density at radius 3 is 2.38 bits per heavy atom. The van der Waals surface area contributed by atoms with Crippen molar-refractivity contribution in [2.75, 3.05) is 6.61 Å². The van der Waals surface area contributed by atoms with Gasteiger partial charge in [0, 0.05) is 18.3 Å². The Bertz CT molecular complexity index is 1060. The molecular formula is C23H26O14. The molecule has 2 saturated heterocycles. The number of phenolic OH excluding ortho intramolecular Hbond substituents is 3. The molecule has 9 atom stereocenters. The number of ether oxygens (including phenoxy) is 5. The third kappa shape index (κ3) is 5.07. The first-order valence-electron chi connectivity index (χ1n) is 11.2. The molecule has 4 rings (SSSR count). The van der Waals surface area contributed by atoms with E-state index in [-0.39, 0.29) is 17.6 Å². The zero-order valence-electron chi connectivity index (χ0n) is 19.1. The van der Waals surface area contributed by atoms with Gasteiger partial charge in [-0.1, -0.05) is 6.08 Å². The molecule has 3 heterocycles. The third-order valence-electron chi connectivity index (χ3n) is 6.36. The number of esters is 2. The molecule has 1 aromatic carbocycles. The Kier molecular flexibility index (Phi) is 7.59. The van der Waals surface area contributed by atoms with Crippen LogP contribution < -0.4 is 0 Å². The number of cyclic esters (lactones) is 1. The molecule has 0 saturated carbocycles. The van der Waals surface area contributed by atoms with Gasteiger partial charge in [0.15, 0.2) is 23.5 Å². The minimum absolute atomic E-state index is 0.0754. The van der Waals surface area contributed by atoms with E-state index in [0.29, 0.717) is 0 Å². The molecule has 0 aromatic heterocycles. The summed E-state index contributed by atoms with van der Waals surface area (Å²) in [5, 5.41) is 68.3. The molecule has 0 radical (unpaired) electrons. The second-order valence-electron chi connectivity index (χ2n) is 8.67. The van der Waals surface area contributed by atoms with Gasteiger partial charge in [0.2, 0.25) is 12.6 Å². The molecule has 1 aromatic rings. The van der Waals surface area contributed by atoms with E-state index in [1.807, 2.05) is 0 Å². The first-order valence-corrected chi connectivity index (χ1v) is 11.2. The molecule has 14 heteroatoms. The van der Waals surface area contributed by atoms with Crippen molar-refractivity contribution in [3.8, 4) is 17.2 Å². The second kappa shape index (κ2) is 10.5. The maximum absolute atomic E-state index is 12.6. The lowest BCUT2D eigenvalue weighted by molar-refractivity contribution is -0.340. The molecule has 2 fully saturated rings. The van der Waals surface area contributed by atoms with Crippen molar-refractivity contribution in [3.63, 3.8) is 0 Å². The Labute approximate surface area is 209 Å². The van der Waals surface area contributed by atoms with Crippen LogP contribution in [0.4, 0.5) is 0 Å². The number of fused-ring (bicyclic) bond motifs is 1. The number of phenols is 3. The lowest BCUT2D eigenvalue weighted by atomic mass is 9.80. The number of rotatable bonds is 6. The highest BCUT2D eigenvalue weighted by Crippen LogP contribution is 2.41. The summed E-state index contributed by atoms with van der Waals surface area (Å²) in [5.74, 6) is -5.75. The zero-order chi connectivity index (χ0) is 27.0. The van der Waals surface area contributed by atoms with Gasteiger partial charge in [-0.2, -0.15) is 0 Å². The molecule has 14 nitrogen and oxygen atoms in total. The summed E-state index contributed by atoms with van der Waals surface area (Å²) in [4.78, 5) is 25.1. The van der Waals surface area contributed by atoms with Crippen molar-refractivity contribution in [1.82, 2.24) is 0 Å². The molecular weight excluding hydrogens is 500 g/mol. The standard InChI is InChI=1S/C23H26O14/c1-2-9-10-5-15(35-20(31)8-3-12(25)16(27)13(26)4-8)36-21(32)11(10)7-33-22(9)37-23-19(30)18(29)17(28)14(6-24)34-23/h2-4,7,9-10,14-15,17-19,22-30H,1,5-6H2/t9-,10+,14-,15+,17-,18+,19-,22+,23+/m1/s1. The third-order valence-corrected chi connectivity index (χ3v) is 6.36. The molecule has 37 heavy (non-hydrogen) atoms. The number of aliphatic hydroxyl groups is 4. The van der Waals surface area contributed by atoms with Gasteiger partial charge in [-0.3, -0.25) is 0 Å². The molecule has 0 amide bonds. The van der Waals surface area contributed by atoms with Crippen LogP contribution in [0.25, 0.3) is 0 Å². The Morgan fingerprint density at radius 1 is 1.08 bits per heavy atom. The van der Waals surface area contributed by atoms with E-state index >= 15 is 0 Å². The van der Waals surface area contributed by atoms with Gasteiger partial charge in [-0.25, -0.2) is 9.59 Å². The quantitative estimate of drug-likeness (QED) is 0.130. The van der Waals surface area contributed by atoms with Gasteiger partial charge in [0.05, 0.1) is 24.0 Å². The molecule has 3 aliphatic heterocycles. The van der Waals surface area contributed by atoms with E-state index in [9.17, 15) is 45.3 Å². The lowest BCUT2D eigenvalue weighted by Gasteiger charge is -2.44. The topological polar surface area (TPSA) is 222 Å². The summed E-state index contributed by atoms with van der Waals surface area (Å²) in [7, 11) is 0. The minimum Gasteiger partial charge on any atom is -0.504 e. The molecule has 0 spiro atoms. The predicted molar refractivity (Wildman–Crippen MR) is 116 cm³/mol. The van der Waals surface area contributed by atoms with E-state index in [0.717, 1.165) is 18.4 Å². The van der Waals surface area contributed by atoms with Crippen LogP contribution >= 0.6 is 0 Å². The van der Waals surface area contributed by atoms with Gasteiger partial charge < -0.3 is 59.4 Å². The SMILES string of the molecule is C=C[C@H]1[C@H](O[C@@H]2O[C@H](CO)[C@@H](O)[C@H](O)[C@H]2O)OC=C2C(=O)O[C@H](OC(=O)c3cc(O)c(O)c(O)c3)C[C@H]21. The Morgan fingerprint density at radius 2 is 1.76 bits per heavy atom. The fraction of sp³-hybridized carbons (Fsp3) is 0.478. The Hall–Kier alpha value is -3.40. The molecule has 3 aliphatic rings. The number of aliphatic hydroxyl groups excluding tert-OH is 4. The predicted octanol–water partition coefficient (Wildman–Crippen LogP) is -1.29. The second-order valence-corrected chi connectivity index (χ2v) is 8.67.